The quantitative estimate of drug-likeness (QED) is 0.900. The van der Waals surface area contributed by atoms with Gasteiger partial charge in [-0.15, -0.1) is 0 Å². The van der Waals surface area contributed by atoms with E-state index in [9.17, 15) is 0 Å². The van der Waals surface area contributed by atoms with E-state index >= 15 is 0 Å². The Balaban J connectivity index is 1.70. The minimum Gasteiger partial charge on any atom is -0.366 e. The van der Waals surface area contributed by atoms with E-state index in [1.54, 1.807) is 0 Å². The molecule has 1 saturated heterocycles. The van der Waals surface area contributed by atoms with Crippen LogP contribution in [0.5, 0.6) is 0 Å². The van der Waals surface area contributed by atoms with E-state index in [4.69, 9.17) is 11.6 Å². The van der Waals surface area contributed by atoms with Gasteiger partial charge >= 0.3 is 0 Å². The van der Waals surface area contributed by atoms with Crippen LogP contribution in [-0.2, 0) is 6.54 Å². The zero-order valence-corrected chi connectivity index (χ0v) is 14.3. The summed E-state index contributed by atoms with van der Waals surface area (Å²) in [5.74, 6) is 2.73. The molecule has 0 aliphatic carbocycles. The van der Waals surface area contributed by atoms with Crippen molar-refractivity contribution < 1.29 is 0 Å². The molecule has 5 heteroatoms. The highest BCUT2D eigenvalue weighted by Crippen LogP contribution is 2.20. The number of halogens is 1. The van der Waals surface area contributed by atoms with Crippen LogP contribution in [0.3, 0.4) is 0 Å². The standard InChI is InChI=1S/C18H23ClN4/c1-14-21-17(20-13-15-6-8-16(19)9-7-15)12-18(22-14)23-10-4-2-3-5-11-23/h6-9,12H,2-5,10-11,13H2,1H3,(H,20,21,22). The first-order valence-electron chi connectivity index (χ1n) is 8.30. The number of nitrogens with zero attached hydrogens (tertiary/aromatic N) is 3. The van der Waals surface area contributed by atoms with Gasteiger partial charge in [0.1, 0.15) is 17.5 Å². The lowest BCUT2D eigenvalue weighted by atomic mass is 10.2. The molecule has 0 spiro atoms. The molecule has 0 bridgehead atoms. The second-order valence-corrected chi connectivity index (χ2v) is 6.48. The van der Waals surface area contributed by atoms with Crippen molar-refractivity contribution in [2.75, 3.05) is 23.3 Å². The van der Waals surface area contributed by atoms with Gasteiger partial charge in [-0.05, 0) is 37.5 Å². The molecule has 1 aromatic carbocycles. The molecule has 0 amide bonds. The van der Waals surface area contributed by atoms with Crippen LogP contribution in [0.1, 0.15) is 37.1 Å². The van der Waals surface area contributed by atoms with E-state index in [1.807, 2.05) is 31.2 Å². The van der Waals surface area contributed by atoms with Gasteiger partial charge in [-0.3, -0.25) is 0 Å². The van der Waals surface area contributed by atoms with E-state index in [2.05, 4.69) is 26.3 Å². The Morgan fingerprint density at radius 2 is 1.74 bits per heavy atom. The smallest absolute Gasteiger partial charge is 0.134 e. The van der Waals surface area contributed by atoms with Crippen LogP contribution >= 0.6 is 11.6 Å². The zero-order chi connectivity index (χ0) is 16.1. The summed E-state index contributed by atoms with van der Waals surface area (Å²) in [6.45, 7) is 4.86. The highest BCUT2D eigenvalue weighted by Gasteiger charge is 2.12. The predicted octanol–water partition coefficient (Wildman–Crippen LogP) is 4.43. The number of anilines is 2. The first-order valence-corrected chi connectivity index (χ1v) is 8.67. The summed E-state index contributed by atoms with van der Waals surface area (Å²) in [7, 11) is 0. The highest BCUT2D eigenvalue weighted by atomic mass is 35.5. The molecule has 1 aliphatic heterocycles. The van der Waals surface area contributed by atoms with Crippen LogP contribution < -0.4 is 10.2 Å². The van der Waals surface area contributed by atoms with Crippen molar-refractivity contribution in [1.29, 1.82) is 0 Å². The van der Waals surface area contributed by atoms with Gasteiger partial charge in [0.15, 0.2) is 0 Å². The Hall–Kier alpha value is -1.81. The van der Waals surface area contributed by atoms with E-state index in [1.165, 1.54) is 31.2 Å². The van der Waals surface area contributed by atoms with E-state index in [-0.39, 0.29) is 0 Å². The third-order valence-corrected chi connectivity index (χ3v) is 4.39. The van der Waals surface area contributed by atoms with Crippen LogP contribution in [0.2, 0.25) is 5.02 Å². The summed E-state index contributed by atoms with van der Waals surface area (Å²) in [6.07, 6.45) is 5.14. The summed E-state index contributed by atoms with van der Waals surface area (Å²) in [6, 6.07) is 9.94. The second kappa shape index (κ2) is 7.64. The average Bonchev–Trinajstić information content (AvgIpc) is 2.83. The molecule has 0 unspecified atom stereocenters. The fraction of sp³-hybridized carbons (Fsp3) is 0.444. The number of hydrogen-bond donors (Lipinski definition) is 1. The third kappa shape index (κ3) is 4.58. The highest BCUT2D eigenvalue weighted by molar-refractivity contribution is 6.30. The molecule has 1 aromatic heterocycles. The van der Waals surface area contributed by atoms with Crippen molar-refractivity contribution in [3.05, 3.63) is 46.7 Å². The number of aryl methyl sites for hydroxylation is 1. The van der Waals surface area contributed by atoms with Gasteiger partial charge in [0.05, 0.1) is 0 Å². The Bertz CT molecular complexity index is 634. The summed E-state index contributed by atoms with van der Waals surface area (Å²) >= 11 is 5.92. The van der Waals surface area contributed by atoms with Gasteiger partial charge in [0, 0.05) is 30.7 Å². The minimum atomic E-state index is 0.729. The van der Waals surface area contributed by atoms with E-state index < -0.39 is 0 Å². The second-order valence-electron chi connectivity index (χ2n) is 6.04. The van der Waals surface area contributed by atoms with Crippen LogP contribution in [-0.4, -0.2) is 23.1 Å². The normalized spacial score (nSPS) is 15.3. The molecule has 0 saturated carbocycles. The molecule has 0 atom stereocenters. The summed E-state index contributed by atoms with van der Waals surface area (Å²) in [4.78, 5) is 11.5. The number of aromatic nitrogens is 2. The summed E-state index contributed by atoms with van der Waals surface area (Å²) in [5.41, 5.74) is 1.18. The zero-order valence-electron chi connectivity index (χ0n) is 13.6. The lowest BCUT2D eigenvalue weighted by Crippen LogP contribution is -2.25. The van der Waals surface area contributed by atoms with Crippen molar-refractivity contribution in [3.8, 4) is 0 Å². The van der Waals surface area contributed by atoms with Gasteiger partial charge in [-0.25, -0.2) is 9.97 Å². The molecule has 1 fully saturated rings. The molecule has 0 radical (unpaired) electrons. The first-order chi connectivity index (χ1) is 11.2. The number of nitrogens with one attached hydrogen (secondary N) is 1. The fourth-order valence-electron chi connectivity index (χ4n) is 2.90. The van der Waals surface area contributed by atoms with Crippen LogP contribution in [0.15, 0.2) is 30.3 Å². The summed E-state index contributed by atoms with van der Waals surface area (Å²) < 4.78 is 0. The molecule has 23 heavy (non-hydrogen) atoms. The molecule has 1 N–H and O–H groups in total. The van der Waals surface area contributed by atoms with Gasteiger partial charge in [0.25, 0.3) is 0 Å². The lowest BCUT2D eigenvalue weighted by molar-refractivity contribution is 0.726. The van der Waals surface area contributed by atoms with Gasteiger partial charge < -0.3 is 10.2 Å². The molecule has 2 aromatic rings. The SMILES string of the molecule is Cc1nc(NCc2ccc(Cl)cc2)cc(N2CCCCCC2)n1. The third-order valence-electron chi connectivity index (χ3n) is 4.14. The average molecular weight is 331 g/mol. The topological polar surface area (TPSA) is 41.1 Å². The predicted molar refractivity (Wildman–Crippen MR) is 96.2 cm³/mol. The monoisotopic (exact) mass is 330 g/mol. The maximum Gasteiger partial charge on any atom is 0.134 e. The fourth-order valence-corrected chi connectivity index (χ4v) is 3.03. The number of benzene rings is 1. The van der Waals surface area contributed by atoms with E-state index in [0.717, 1.165) is 42.1 Å². The Kier molecular flexibility index (Phi) is 5.34. The largest absolute Gasteiger partial charge is 0.366 e. The lowest BCUT2D eigenvalue weighted by Gasteiger charge is -2.22. The van der Waals surface area contributed by atoms with Crippen LogP contribution in [0.4, 0.5) is 11.6 Å². The Morgan fingerprint density at radius 3 is 2.43 bits per heavy atom. The number of rotatable bonds is 4. The molecule has 122 valence electrons. The van der Waals surface area contributed by atoms with Crippen molar-refractivity contribution >= 4 is 23.2 Å². The molecule has 2 heterocycles. The van der Waals surface area contributed by atoms with Gasteiger partial charge in [0.2, 0.25) is 0 Å². The van der Waals surface area contributed by atoms with Crippen molar-refractivity contribution in [2.24, 2.45) is 0 Å². The first kappa shape index (κ1) is 16.1. The Labute approximate surface area is 142 Å². The van der Waals surface area contributed by atoms with Crippen molar-refractivity contribution in [2.45, 2.75) is 39.2 Å². The minimum absolute atomic E-state index is 0.729. The van der Waals surface area contributed by atoms with Crippen molar-refractivity contribution in [3.63, 3.8) is 0 Å². The molecular weight excluding hydrogens is 308 g/mol. The van der Waals surface area contributed by atoms with Gasteiger partial charge in [-0.2, -0.15) is 0 Å². The molecule has 3 rings (SSSR count). The van der Waals surface area contributed by atoms with E-state index in [0.29, 0.717) is 0 Å². The number of hydrogen-bond acceptors (Lipinski definition) is 4. The van der Waals surface area contributed by atoms with Gasteiger partial charge in [-0.1, -0.05) is 36.6 Å². The summed E-state index contributed by atoms with van der Waals surface area (Å²) in [5, 5.41) is 4.15. The van der Waals surface area contributed by atoms with Crippen molar-refractivity contribution in [1.82, 2.24) is 9.97 Å². The van der Waals surface area contributed by atoms with Crippen LogP contribution in [0.25, 0.3) is 0 Å². The molecule has 1 aliphatic rings. The Morgan fingerprint density at radius 1 is 1.04 bits per heavy atom. The molecule has 4 nitrogen and oxygen atoms in total. The molecular formula is C18H23ClN4. The maximum absolute atomic E-state index is 5.92. The maximum atomic E-state index is 5.92. The van der Waals surface area contributed by atoms with Crippen LogP contribution in [0, 0.1) is 6.92 Å².